The van der Waals surface area contributed by atoms with Crippen molar-refractivity contribution in [3.63, 3.8) is 0 Å². The first kappa shape index (κ1) is 12.1. The van der Waals surface area contributed by atoms with Crippen LogP contribution in [0.2, 0.25) is 0 Å². The normalized spacial score (nSPS) is 16.1. The topological polar surface area (TPSA) is 47.3 Å². The molecule has 3 N–H and O–H groups in total. The molecule has 1 saturated carbocycles. The molecule has 0 heterocycles. The highest BCUT2D eigenvalue weighted by molar-refractivity contribution is 5.72. The van der Waals surface area contributed by atoms with E-state index in [1.54, 1.807) is 7.11 Å². The van der Waals surface area contributed by atoms with Crippen LogP contribution in [0.3, 0.4) is 0 Å². The van der Waals surface area contributed by atoms with Crippen LogP contribution in [-0.2, 0) is 0 Å². The summed E-state index contributed by atoms with van der Waals surface area (Å²) >= 11 is 0. The molecule has 17 heavy (non-hydrogen) atoms. The van der Waals surface area contributed by atoms with Gasteiger partial charge in [-0.3, -0.25) is 0 Å². The van der Waals surface area contributed by atoms with Gasteiger partial charge in [-0.2, -0.15) is 0 Å². The maximum absolute atomic E-state index is 6.00. The Labute approximate surface area is 103 Å². The highest BCUT2D eigenvalue weighted by Crippen LogP contribution is 2.30. The predicted molar refractivity (Wildman–Crippen MR) is 72.5 cm³/mol. The smallest absolute Gasteiger partial charge is 0.143 e. The number of nitrogens with two attached hydrogens (primary N) is 1. The molecule has 0 bridgehead atoms. The number of benzene rings is 1. The number of methoxy groups -OCH3 is 1. The fourth-order valence-electron chi connectivity index (χ4n) is 2.59. The van der Waals surface area contributed by atoms with Crippen molar-refractivity contribution in [1.29, 1.82) is 0 Å². The minimum absolute atomic E-state index is 0.710. The van der Waals surface area contributed by atoms with Crippen molar-refractivity contribution >= 4 is 11.4 Å². The van der Waals surface area contributed by atoms with Gasteiger partial charge >= 0.3 is 0 Å². The van der Waals surface area contributed by atoms with E-state index in [-0.39, 0.29) is 0 Å². The number of nitrogen functional groups attached to an aromatic ring is 1. The molecular weight excluding hydrogens is 212 g/mol. The van der Waals surface area contributed by atoms with Crippen LogP contribution in [-0.4, -0.2) is 13.7 Å². The Morgan fingerprint density at radius 2 is 2.12 bits per heavy atom. The summed E-state index contributed by atoms with van der Waals surface area (Å²) in [6.07, 6.45) is 6.86. The molecule has 94 valence electrons. The Bertz CT molecular complexity index is 359. The van der Waals surface area contributed by atoms with Crippen molar-refractivity contribution in [2.45, 2.75) is 32.1 Å². The SMILES string of the molecule is COc1cccc(NCCC2CCCC2)c1N. The first-order chi connectivity index (χ1) is 8.31. The van der Waals surface area contributed by atoms with E-state index < -0.39 is 0 Å². The molecule has 2 rings (SSSR count). The second-order valence-corrected chi connectivity index (χ2v) is 4.79. The summed E-state index contributed by atoms with van der Waals surface area (Å²) in [7, 11) is 1.65. The van der Waals surface area contributed by atoms with Gasteiger partial charge < -0.3 is 15.8 Å². The van der Waals surface area contributed by atoms with E-state index in [1.165, 1.54) is 32.1 Å². The van der Waals surface area contributed by atoms with Gasteiger partial charge in [0.15, 0.2) is 0 Å². The van der Waals surface area contributed by atoms with Crippen molar-refractivity contribution in [1.82, 2.24) is 0 Å². The number of rotatable bonds is 5. The largest absolute Gasteiger partial charge is 0.495 e. The summed E-state index contributed by atoms with van der Waals surface area (Å²) in [6, 6.07) is 5.86. The summed E-state index contributed by atoms with van der Waals surface area (Å²) in [4.78, 5) is 0. The van der Waals surface area contributed by atoms with E-state index >= 15 is 0 Å². The van der Waals surface area contributed by atoms with Gasteiger partial charge in [0, 0.05) is 6.54 Å². The fraction of sp³-hybridized carbons (Fsp3) is 0.571. The van der Waals surface area contributed by atoms with Gasteiger partial charge in [0.05, 0.1) is 18.5 Å². The standard InChI is InChI=1S/C14H22N2O/c1-17-13-8-4-7-12(14(13)15)16-10-9-11-5-2-3-6-11/h4,7-8,11,16H,2-3,5-6,9-10,15H2,1H3. The Morgan fingerprint density at radius 1 is 1.35 bits per heavy atom. The molecule has 3 nitrogen and oxygen atoms in total. The zero-order valence-corrected chi connectivity index (χ0v) is 10.5. The van der Waals surface area contributed by atoms with Crippen LogP contribution in [0, 0.1) is 5.92 Å². The van der Waals surface area contributed by atoms with Gasteiger partial charge in [0.25, 0.3) is 0 Å². The quantitative estimate of drug-likeness (QED) is 0.769. The molecule has 0 radical (unpaired) electrons. The van der Waals surface area contributed by atoms with E-state index in [0.717, 1.165) is 23.9 Å². The average molecular weight is 234 g/mol. The van der Waals surface area contributed by atoms with Crippen LogP contribution >= 0.6 is 0 Å². The molecule has 3 heteroatoms. The van der Waals surface area contributed by atoms with Gasteiger partial charge in [-0.25, -0.2) is 0 Å². The molecule has 0 aromatic heterocycles. The highest BCUT2D eigenvalue weighted by Gasteiger charge is 2.14. The lowest BCUT2D eigenvalue weighted by atomic mass is 10.0. The van der Waals surface area contributed by atoms with E-state index in [2.05, 4.69) is 5.32 Å². The maximum Gasteiger partial charge on any atom is 0.143 e. The number of hydrogen-bond donors (Lipinski definition) is 2. The molecule has 0 spiro atoms. The van der Waals surface area contributed by atoms with Crippen LogP contribution in [0.25, 0.3) is 0 Å². The molecule has 1 fully saturated rings. The Balaban J connectivity index is 1.85. The maximum atomic E-state index is 6.00. The molecule has 1 aromatic carbocycles. The average Bonchev–Trinajstić information content (AvgIpc) is 2.84. The van der Waals surface area contributed by atoms with Crippen LogP contribution in [0.1, 0.15) is 32.1 Å². The summed E-state index contributed by atoms with van der Waals surface area (Å²) < 4.78 is 5.20. The van der Waals surface area contributed by atoms with Crippen molar-refractivity contribution in [2.75, 3.05) is 24.7 Å². The molecule has 1 aliphatic carbocycles. The van der Waals surface area contributed by atoms with Crippen LogP contribution in [0.4, 0.5) is 11.4 Å². The van der Waals surface area contributed by atoms with Crippen molar-refractivity contribution in [3.05, 3.63) is 18.2 Å². The second-order valence-electron chi connectivity index (χ2n) is 4.79. The van der Waals surface area contributed by atoms with Crippen molar-refractivity contribution < 1.29 is 4.74 Å². The van der Waals surface area contributed by atoms with E-state index in [4.69, 9.17) is 10.5 Å². The first-order valence-electron chi connectivity index (χ1n) is 6.47. The molecule has 0 unspecified atom stereocenters. The fourth-order valence-corrected chi connectivity index (χ4v) is 2.59. The number of anilines is 2. The zero-order chi connectivity index (χ0) is 12.1. The van der Waals surface area contributed by atoms with Gasteiger partial charge in [-0.15, -0.1) is 0 Å². The van der Waals surface area contributed by atoms with Crippen LogP contribution < -0.4 is 15.8 Å². The van der Waals surface area contributed by atoms with Gasteiger partial charge in [0.1, 0.15) is 5.75 Å². The van der Waals surface area contributed by atoms with Gasteiger partial charge in [0.2, 0.25) is 0 Å². The minimum atomic E-state index is 0.710. The molecule has 1 aromatic rings. The van der Waals surface area contributed by atoms with Crippen LogP contribution in [0.15, 0.2) is 18.2 Å². The number of ether oxygens (including phenoxy) is 1. The molecule has 0 aliphatic heterocycles. The van der Waals surface area contributed by atoms with Crippen molar-refractivity contribution in [2.24, 2.45) is 5.92 Å². The summed E-state index contributed by atoms with van der Waals surface area (Å²) in [5.41, 5.74) is 7.70. The highest BCUT2D eigenvalue weighted by atomic mass is 16.5. The van der Waals surface area contributed by atoms with E-state index in [1.807, 2.05) is 18.2 Å². The number of para-hydroxylation sites is 1. The summed E-state index contributed by atoms with van der Waals surface area (Å²) in [5, 5.41) is 3.41. The predicted octanol–water partition coefficient (Wildman–Crippen LogP) is 3.27. The lowest BCUT2D eigenvalue weighted by Gasteiger charge is -2.14. The molecule has 0 atom stereocenters. The zero-order valence-electron chi connectivity index (χ0n) is 10.5. The van der Waals surface area contributed by atoms with Gasteiger partial charge in [-0.1, -0.05) is 31.7 Å². The van der Waals surface area contributed by atoms with E-state index in [9.17, 15) is 0 Å². The third kappa shape index (κ3) is 3.05. The monoisotopic (exact) mass is 234 g/mol. The summed E-state index contributed by atoms with van der Waals surface area (Å²) in [5.74, 6) is 1.66. The number of nitrogens with one attached hydrogen (secondary N) is 1. The minimum Gasteiger partial charge on any atom is -0.495 e. The van der Waals surface area contributed by atoms with Gasteiger partial charge in [-0.05, 0) is 24.5 Å². The van der Waals surface area contributed by atoms with Crippen LogP contribution in [0.5, 0.6) is 5.75 Å². The molecule has 0 amide bonds. The summed E-state index contributed by atoms with van der Waals surface area (Å²) in [6.45, 7) is 1.00. The second kappa shape index (κ2) is 5.80. The van der Waals surface area contributed by atoms with E-state index in [0.29, 0.717) is 5.69 Å². The molecular formula is C14H22N2O. The lowest BCUT2D eigenvalue weighted by molar-refractivity contribution is 0.417. The first-order valence-corrected chi connectivity index (χ1v) is 6.47. The number of hydrogen-bond acceptors (Lipinski definition) is 3. The Morgan fingerprint density at radius 3 is 2.82 bits per heavy atom. The molecule has 1 aliphatic rings. The lowest BCUT2D eigenvalue weighted by Crippen LogP contribution is -2.08. The Hall–Kier alpha value is -1.38. The van der Waals surface area contributed by atoms with Crippen molar-refractivity contribution in [3.8, 4) is 5.75 Å². The Kier molecular flexibility index (Phi) is 4.13. The third-order valence-electron chi connectivity index (χ3n) is 3.63. The third-order valence-corrected chi connectivity index (χ3v) is 3.63. The molecule has 0 saturated heterocycles.